The molecule has 23 heavy (non-hydrogen) atoms. The second-order valence-corrected chi connectivity index (χ2v) is 6.31. The highest BCUT2D eigenvalue weighted by Gasteiger charge is 2.40. The average Bonchev–Trinajstić information content (AvgIpc) is 3.03. The lowest BCUT2D eigenvalue weighted by molar-refractivity contribution is -0.158. The second-order valence-electron chi connectivity index (χ2n) is 5.31. The Morgan fingerprint density at radius 2 is 1.87 bits per heavy atom. The van der Waals surface area contributed by atoms with E-state index >= 15 is 0 Å². The number of nitrogens with zero attached hydrogens (tertiary/aromatic N) is 2. The van der Waals surface area contributed by atoms with E-state index in [4.69, 9.17) is 0 Å². The van der Waals surface area contributed by atoms with Crippen LogP contribution in [0.15, 0.2) is 41.3 Å². The minimum absolute atomic E-state index is 0.00592. The molecule has 1 aliphatic heterocycles. The van der Waals surface area contributed by atoms with E-state index < -0.39 is 24.7 Å². The highest BCUT2D eigenvalue weighted by atomic mass is 32.1. The van der Waals surface area contributed by atoms with Crippen LogP contribution in [0, 0.1) is 0 Å². The van der Waals surface area contributed by atoms with E-state index in [1.165, 1.54) is 4.57 Å². The summed E-state index contributed by atoms with van der Waals surface area (Å²) >= 11 is 0.985. The number of benzene rings is 1. The van der Waals surface area contributed by atoms with E-state index in [0.717, 1.165) is 21.8 Å². The number of carbonyl (C=O) groups is 1. The van der Waals surface area contributed by atoms with E-state index in [1.807, 2.05) is 30.3 Å². The Hall–Kier alpha value is -2.09. The molecule has 4 nitrogen and oxygen atoms in total. The van der Waals surface area contributed by atoms with Crippen LogP contribution in [-0.2, 0) is 4.79 Å². The van der Waals surface area contributed by atoms with Gasteiger partial charge in [-0.25, -0.2) is 0 Å². The molecule has 0 bridgehead atoms. The Morgan fingerprint density at radius 1 is 1.17 bits per heavy atom. The maximum absolute atomic E-state index is 12.5. The summed E-state index contributed by atoms with van der Waals surface area (Å²) in [5.74, 6) is -0.651. The quantitative estimate of drug-likeness (QED) is 0.861. The van der Waals surface area contributed by atoms with Gasteiger partial charge in [0.25, 0.3) is 0 Å². The summed E-state index contributed by atoms with van der Waals surface area (Å²) in [4.78, 5) is 25.4. The first-order valence-corrected chi connectivity index (χ1v) is 7.80. The molecule has 0 spiro atoms. The van der Waals surface area contributed by atoms with Crippen molar-refractivity contribution >= 4 is 17.2 Å². The molecule has 0 aliphatic carbocycles. The normalized spacial score (nSPS) is 18.7. The molecule has 1 aliphatic rings. The van der Waals surface area contributed by atoms with Crippen molar-refractivity contribution in [3.8, 4) is 10.4 Å². The molecule has 1 saturated heterocycles. The number of aromatic nitrogens is 1. The summed E-state index contributed by atoms with van der Waals surface area (Å²) < 4.78 is 38.6. The summed E-state index contributed by atoms with van der Waals surface area (Å²) in [5, 5.41) is 0. The molecule has 2 heterocycles. The topological polar surface area (TPSA) is 42.3 Å². The molecule has 0 radical (unpaired) electrons. The molecule has 1 aromatic carbocycles. The first-order valence-electron chi connectivity index (χ1n) is 6.98. The van der Waals surface area contributed by atoms with Crippen LogP contribution >= 0.6 is 11.3 Å². The molecular formula is C15H13F3N2O2S. The molecule has 1 aromatic heterocycles. The van der Waals surface area contributed by atoms with Gasteiger partial charge in [0.2, 0.25) is 5.91 Å². The fraction of sp³-hybridized carbons (Fsp3) is 0.333. The zero-order valence-electron chi connectivity index (χ0n) is 11.9. The van der Waals surface area contributed by atoms with Gasteiger partial charge in [-0.05, 0) is 12.0 Å². The van der Waals surface area contributed by atoms with Gasteiger partial charge in [0, 0.05) is 12.7 Å². The van der Waals surface area contributed by atoms with Gasteiger partial charge < -0.3 is 4.90 Å². The monoisotopic (exact) mass is 342 g/mol. The van der Waals surface area contributed by atoms with Gasteiger partial charge in [-0.1, -0.05) is 41.7 Å². The molecule has 2 aromatic rings. The molecule has 1 unspecified atom stereocenters. The van der Waals surface area contributed by atoms with Crippen LogP contribution in [0.5, 0.6) is 0 Å². The molecule has 3 rings (SSSR count). The van der Waals surface area contributed by atoms with Crippen LogP contribution in [0.4, 0.5) is 13.2 Å². The number of alkyl halides is 3. The molecule has 8 heteroatoms. The Labute approximate surface area is 133 Å². The summed E-state index contributed by atoms with van der Waals surface area (Å²) in [6.45, 7) is -1.27. The third kappa shape index (κ3) is 3.31. The summed E-state index contributed by atoms with van der Waals surface area (Å²) in [5.41, 5.74) is 0.839. The Morgan fingerprint density at radius 3 is 2.52 bits per heavy atom. The average molecular weight is 342 g/mol. The van der Waals surface area contributed by atoms with Gasteiger partial charge in [0.15, 0.2) is 0 Å². The standard InChI is InChI=1S/C15H13F3N2O2S/c16-15(17,18)9-19-7-6-11(13(19)21)20-8-12(23-14(20)22)10-4-2-1-3-5-10/h1-5,8,11H,6-7,9H2. The Kier molecular flexibility index (Phi) is 4.01. The molecule has 122 valence electrons. The number of halogens is 3. The second kappa shape index (κ2) is 5.84. The van der Waals surface area contributed by atoms with E-state index in [9.17, 15) is 22.8 Å². The highest BCUT2D eigenvalue weighted by molar-refractivity contribution is 7.12. The van der Waals surface area contributed by atoms with Crippen molar-refractivity contribution in [3.05, 3.63) is 46.2 Å². The van der Waals surface area contributed by atoms with E-state index in [0.29, 0.717) is 4.88 Å². The predicted molar refractivity (Wildman–Crippen MR) is 80.3 cm³/mol. The number of amides is 1. The predicted octanol–water partition coefficient (Wildman–Crippen LogP) is 2.91. The van der Waals surface area contributed by atoms with E-state index in [1.54, 1.807) is 6.20 Å². The number of likely N-dealkylation sites (tertiary alicyclic amines) is 1. The Bertz CT molecular complexity index is 767. The minimum Gasteiger partial charge on any atom is -0.332 e. The maximum Gasteiger partial charge on any atom is 0.406 e. The van der Waals surface area contributed by atoms with Crippen LogP contribution in [0.1, 0.15) is 12.5 Å². The third-order valence-electron chi connectivity index (χ3n) is 3.70. The van der Waals surface area contributed by atoms with Crippen LogP contribution in [0.25, 0.3) is 10.4 Å². The summed E-state index contributed by atoms with van der Waals surface area (Å²) in [6, 6.07) is 8.33. The lowest BCUT2D eigenvalue weighted by atomic mass is 10.2. The maximum atomic E-state index is 12.5. The van der Waals surface area contributed by atoms with Crippen molar-refractivity contribution in [2.45, 2.75) is 18.6 Å². The molecule has 0 saturated carbocycles. The smallest absolute Gasteiger partial charge is 0.332 e. The number of hydrogen-bond acceptors (Lipinski definition) is 3. The zero-order valence-corrected chi connectivity index (χ0v) is 12.7. The van der Waals surface area contributed by atoms with Crippen molar-refractivity contribution in [2.24, 2.45) is 0 Å². The first-order chi connectivity index (χ1) is 10.8. The molecule has 1 amide bonds. The molecular weight excluding hydrogens is 329 g/mol. The largest absolute Gasteiger partial charge is 0.406 e. The van der Waals surface area contributed by atoms with Gasteiger partial charge in [0.05, 0.1) is 4.88 Å². The van der Waals surface area contributed by atoms with E-state index in [-0.39, 0.29) is 17.8 Å². The van der Waals surface area contributed by atoms with Gasteiger partial charge in [0.1, 0.15) is 12.6 Å². The fourth-order valence-corrected chi connectivity index (χ4v) is 3.55. The molecule has 0 N–H and O–H groups in total. The molecule has 1 atom stereocenters. The van der Waals surface area contributed by atoms with E-state index in [2.05, 4.69) is 0 Å². The lowest BCUT2D eigenvalue weighted by Crippen LogP contribution is -2.37. The zero-order chi connectivity index (χ0) is 16.6. The number of carbonyl (C=O) groups excluding carboxylic acids is 1. The van der Waals surface area contributed by atoms with Crippen molar-refractivity contribution in [2.75, 3.05) is 13.1 Å². The Balaban J connectivity index is 1.85. The SMILES string of the molecule is O=C1C(n2cc(-c3ccccc3)sc2=O)CCN1CC(F)(F)F. The third-order valence-corrected chi connectivity index (χ3v) is 4.64. The summed E-state index contributed by atoms with van der Waals surface area (Å²) in [6.07, 6.45) is -2.67. The first kappa shape index (κ1) is 15.8. The lowest BCUT2D eigenvalue weighted by Gasteiger charge is -2.18. The molecule has 1 fully saturated rings. The number of rotatable bonds is 3. The minimum atomic E-state index is -4.43. The number of hydrogen-bond donors (Lipinski definition) is 0. The summed E-state index contributed by atoms with van der Waals surface area (Å²) in [7, 11) is 0. The van der Waals surface area contributed by atoms with Crippen LogP contribution in [0.3, 0.4) is 0 Å². The van der Waals surface area contributed by atoms with Crippen molar-refractivity contribution < 1.29 is 18.0 Å². The van der Waals surface area contributed by atoms with Crippen LogP contribution < -0.4 is 4.87 Å². The van der Waals surface area contributed by atoms with Gasteiger partial charge in [-0.2, -0.15) is 13.2 Å². The number of thiazole rings is 1. The van der Waals surface area contributed by atoms with Crippen molar-refractivity contribution in [1.29, 1.82) is 0 Å². The van der Waals surface area contributed by atoms with Crippen LogP contribution in [0.2, 0.25) is 0 Å². The van der Waals surface area contributed by atoms with Crippen molar-refractivity contribution in [3.63, 3.8) is 0 Å². The highest BCUT2D eigenvalue weighted by Crippen LogP contribution is 2.29. The van der Waals surface area contributed by atoms with Crippen LogP contribution in [-0.4, -0.2) is 34.6 Å². The van der Waals surface area contributed by atoms with Gasteiger partial charge in [-0.3, -0.25) is 14.2 Å². The van der Waals surface area contributed by atoms with Gasteiger partial charge >= 0.3 is 11.0 Å². The fourth-order valence-electron chi connectivity index (χ4n) is 2.66. The van der Waals surface area contributed by atoms with Crippen molar-refractivity contribution in [1.82, 2.24) is 9.47 Å². The van der Waals surface area contributed by atoms with Gasteiger partial charge in [-0.15, -0.1) is 0 Å².